The molecule has 1 aliphatic heterocycles. The van der Waals surface area contributed by atoms with Crippen LogP contribution in [-0.4, -0.2) is 34.0 Å². The highest BCUT2D eigenvalue weighted by atomic mass is 19.1. The van der Waals surface area contributed by atoms with Gasteiger partial charge in [0.15, 0.2) is 5.82 Å². The first-order valence-corrected chi connectivity index (χ1v) is 8.40. The van der Waals surface area contributed by atoms with Gasteiger partial charge in [-0.3, -0.25) is 9.69 Å². The van der Waals surface area contributed by atoms with Gasteiger partial charge in [0.2, 0.25) is 11.8 Å². The van der Waals surface area contributed by atoms with Crippen LogP contribution in [-0.2, 0) is 24.4 Å². The Labute approximate surface area is 145 Å². The zero-order valence-corrected chi connectivity index (χ0v) is 13.9. The third-order valence-electron chi connectivity index (χ3n) is 4.39. The van der Waals surface area contributed by atoms with Gasteiger partial charge < -0.3 is 15.6 Å². The number of nitrogens with zero attached hydrogens (tertiary/aromatic N) is 3. The van der Waals surface area contributed by atoms with Crippen LogP contribution in [0.1, 0.15) is 30.1 Å². The lowest BCUT2D eigenvalue weighted by Gasteiger charge is -2.30. The van der Waals surface area contributed by atoms with Gasteiger partial charge in [0, 0.05) is 12.5 Å². The lowest BCUT2D eigenvalue weighted by Crippen LogP contribution is -2.40. The van der Waals surface area contributed by atoms with Crippen molar-refractivity contribution in [2.24, 2.45) is 11.7 Å². The van der Waals surface area contributed by atoms with Crippen molar-refractivity contribution in [1.29, 1.82) is 0 Å². The number of halogens is 1. The molecule has 8 heteroatoms. The monoisotopic (exact) mass is 347 g/mol. The largest absolute Gasteiger partial charge is 0.352 e. The highest BCUT2D eigenvalue weighted by molar-refractivity contribution is 5.78. The molecule has 0 unspecified atom stereocenters. The molecule has 0 atom stereocenters. The van der Waals surface area contributed by atoms with Gasteiger partial charge in [-0.2, -0.15) is 4.98 Å². The molecule has 25 heavy (non-hydrogen) atoms. The number of nitrogens with two attached hydrogens (primary N) is 1. The minimum absolute atomic E-state index is 0.00145. The second-order valence-electron chi connectivity index (χ2n) is 6.20. The summed E-state index contributed by atoms with van der Waals surface area (Å²) in [7, 11) is 0. The van der Waals surface area contributed by atoms with Gasteiger partial charge in [-0.25, -0.2) is 4.39 Å². The minimum atomic E-state index is -0.275. The summed E-state index contributed by atoms with van der Waals surface area (Å²) >= 11 is 0. The van der Waals surface area contributed by atoms with Crippen LogP contribution in [0, 0.1) is 11.7 Å². The van der Waals surface area contributed by atoms with Crippen LogP contribution < -0.4 is 11.1 Å². The number of carbonyl (C=O) groups is 1. The molecule has 0 saturated carbocycles. The molecule has 0 radical (unpaired) electrons. The number of hydrogen-bond acceptors (Lipinski definition) is 6. The predicted molar refractivity (Wildman–Crippen MR) is 88.4 cm³/mol. The summed E-state index contributed by atoms with van der Waals surface area (Å²) in [6, 6.07) is 6.15. The molecule has 0 aliphatic carbocycles. The average Bonchev–Trinajstić information content (AvgIpc) is 3.09. The molecule has 1 amide bonds. The molecule has 0 spiro atoms. The van der Waals surface area contributed by atoms with Crippen molar-refractivity contribution in [2.75, 3.05) is 13.1 Å². The quantitative estimate of drug-likeness (QED) is 0.815. The molecule has 3 N–H and O–H groups in total. The van der Waals surface area contributed by atoms with Crippen LogP contribution >= 0.6 is 0 Å². The van der Waals surface area contributed by atoms with Crippen molar-refractivity contribution in [3.05, 3.63) is 47.4 Å². The Bertz CT molecular complexity index is 695. The fraction of sp³-hybridized carbons (Fsp3) is 0.471. The molecule has 1 aromatic carbocycles. The van der Waals surface area contributed by atoms with E-state index in [9.17, 15) is 9.18 Å². The maximum absolute atomic E-state index is 12.9. The van der Waals surface area contributed by atoms with E-state index < -0.39 is 0 Å². The van der Waals surface area contributed by atoms with E-state index >= 15 is 0 Å². The molecular formula is C17H22FN5O2. The average molecular weight is 347 g/mol. The van der Waals surface area contributed by atoms with E-state index in [1.54, 1.807) is 12.1 Å². The van der Waals surface area contributed by atoms with E-state index in [0.29, 0.717) is 24.8 Å². The van der Waals surface area contributed by atoms with Crippen LogP contribution in [0.25, 0.3) is 0 Å². The predicted octanol–water partition coefficient (Wildman–Crippen LogP) is 1.20. The van der Waals surface area contributed by atoms with Crippen LogP contribution in [0.4, 0.5) is 4.39 Å². The van der Waals surface area contributed by atoms with Gasteiger partial charge in [-0.05, 0) is 43.6 Å². The fourth-order valence-corrected chi connectivity index (χ4v) is 2.93. The van der Waals surface area contributed by atoms with Crippen molar-refractivity contribution in [2.45, 2.75) is 32.5 Å². The number of amides is 1. The number of benzene rings is 1. The van der Waals surface area contributed by atoms with E-state index in [1.165, 1.54) is 12.1 Å². The van der Waals surface area contributed by atoms with Gasteiger partial charge in [-0.15, -0.1) is 0 Å². The first-order chi connectivity index (χ1) is 12.1. The highest BCUT2D eigenvalue weighted by Crippen LogP contribution is 2.19. The van der Waals surface area contributed by atoms with E-state index in [4.69, 9.17) is 10.3 Å². The maximum Gasteiger partial charge on any atom is 0.240 e. The Balaban J connectivity index is 1.41. The SMILES string of the molecule is NCc1nc(CN2CCC(C(=O)NCc3ccc(F)cc3)CC2)no1. The van der Waals surface area contributed by atoms with Crippen molar-refractivity contribution in [1.82, 2.24) is 20.4 Å². The number of hydrogen-bond donors (Lipinski definition) is 2. The van der Waals surface area contributed by atoms with Crippen molar-refractivity contribution < 1.29 is 13.7 Å². The summed E-state index contributed by atoms with van der Waals surface area (Å²) in [6.45, 7) is 2.88. The summed E-state index contributed by atoms with van der Waals surface area (Å²) in [5, 5.41) is 6.82. The molecule has 2 heterocycles. The molecule has 2 aromatic rings. The fourth-order valence-electron chi connectivity index (χ4n) is 2.93. The molecule has 1 aliphatic rings. The van der Waals surface area contributed by atoms with E-state index in [1.807, 2.05) is 0 Å². The normalized spacial score (nSPS) is 16.1. The molecule has 134 valence electrons. The second-order valence-corrected chi connectivity index (χ2v) is 6.20. The summed E-state index contributed by atoms with van der Waals surface area (Å²) < 4.78 is 17.9. The highest BCUT2D eigenvalue weighted by Gasteiger charge is 2.25. The molecular weight excluding hydrogens is 325 g/mol. The molecule has 7 nitrogen and oxygen atoms in total. The lowest BCUT2D eigenvalue weighted by atomic mass is 9.96. The van der Waals surface area contributed by atoms with Crippen LogP contribution in [0.5, 0.6) is 0 Å². The Morgan fingerprint density at radius 2 is 2.04 bits per heavy atom. The van der Waals surface area contributed by atoms with Gasteiger partial charge in [-0.1, -0.05) is 17.3 Å². The summed E-state index contributed by atoms with van der Waals surface area (Å²) in [5.74, 6) is 0.836. The lowest BCUT2D eigenvalue weighted by molar-refractivity contribution is -0.126. The molecule has 3 rings (SSSR count). The molecule has 1 fully saturated rings. The van der Waals surface area contributed by atoms with Crippen molar-refractivity contribution in [3.8, 4) is 0 Å². The number of likely N-dealkylation sites (tertiary alicyclic amines) is 1. The number of nitrogens with one attached hydrogen (secondary N) is 1. The number of rotatable bonds is 6. The van der Waals surface area contributed by atoms with E-state index in [-0.39, 0.29) is 24.2 Å². The van der Waals surface area contributed by atoms with Gasteiger partial charge in [0.25, 0.3) is 0 Å². The Kier molecular flexibility index (Phi) is 5.72. The van der Waals surface area contributed by atoms with Crippen LogP contribution in [0.2, 0.25) is 0 Å². The molecule has 1 saturated heterocycles. The first-order valence-electron chi connectivity index (χ1n) is 8.40. The number of piperidine rings is 1. The Morgan fingerprint density at radius 1 is 1.32 bits per heavy atom. The number of carbonyl (C=O) groups excluding carboxylic acids is 1. The minimum Gasteiger partial charge on any atom is -0.352 e. The zero-order valence-electron chi connectivity index (χ0n) is 13.9. The Morgan fingerprint density at radius 3 is 2.68 bits per heavy atom. The molecule has 1 aromatic heterocycles. The van der Waals surface area contributed by atoms with Crippen LogP contribution in [0.3, 0.4) is 0 Å². The van der Waals surface area contributed by atoms with Crippen LogP contribution in [0.15, 0.2) is 28.8 Å². The first kappa shape index (κ1) is 17.5. The van der Waals surface area contributed by atoms with Crippen molar-refractivity contribution >= 4 is 5.91 Å². The zero-order chi connectivity index (χ0) is 17.6. The number of aromatic nitrogens is 2. The third-order valence-corrected chi connectivity index (χ3v) is 4.39. The van der Waals surface area contributed by atoms with E-state index in [2.05, 4.69) is 20.4 Å². The summed E-state index contributed by atoms with van der Waals surface area (Å²) in [6.07, 6.45) is 1.58. The summed E-state index contributed by atoms with van der Waals surface area (Å²) in [5.41, 5.74) is 6.34. The van der Waals surface area contributed by atoms with Crippen molar-refractivity contribution in [3.63, 3.8) is 0 Å². The molecule has 0 bridgehead atoms. The Hall–Kier alpha value is -2.32. The second kappa shape index (κ2) is 8.17. The van der Waals surface area contributed by atoms with Gasteiger partial charge >= 0.3 is 0 Å². The van der Waals surface area contributed by atoms with Gasteiger partial charge in [0.1, 0.15) is 5.82 Å². The topological polar surface area (TPSA) is 97.3 Å². The smallest absolute Gasteiger partial charge is 0.240 e. The third kappa shape index (κ3) is 4.83. The van der Waals surface area contributed by atoms with E-state index in [0.717, 1.165) is 31.5 Å². The summed E-state index contributed by atoms with van der Waals surface area (Å²) in [4.78, 5) is 18.7. The standard InChI is InChI=1S/C17H22FN5O2/c18-14-3-1-12(2-4-14)10-20-17(24)13-5-7-23(8-6-13)11-15-21-16(9-19)25-22-15/h1-4,13H,5-11,19H2,(H,20,24). The van der Waals surface area contributed by atoms with Gasteiger partial charge in [0.05, 0.1) is 13.1 Å². The maximum atomic E-state index is 12.9.